The van der Waals surface area contributed by atoms with Gasteiger partial charge in [-0.1, -0.05) is 19.9 Å². The fourth-order valence-corrected chi connectivity index (χ4v) is 1.32. The van der Waals surface area contributed by atoms with Crippen LogP contribution in [0.25, 0.3) is 0 Å². The summed E-state index contributed by atoms with van der Waals surface area (Å²) in [5, 5.41) is 3.06. The van der Waals surface area contributed by atoms with Crippen molar-refractivity contribution < 1.29 is 5.82 Å². The first-order valence-electron chi connectivity index (χ1n) is 5.06. The number of anilines is 1. The molecule has 0 amide bonds. The number of hydrogen-bond acceptors (Lipinski definition) is 1. The summed E-state index contributed by atoms with van der Waals surface area (Å²) in [5.74, 6) is 0.211. The van der Waals surface area contributed by atoms with E-state index in [2.05, 4.69) is 19.2 Å². The van der Waals surface area contributed by atoms with Gasteiger partial charge in [0.15, 0.2) is 0 Å². The minimum absolute atomic E-state index is 0. The molecule has 1 nitrogen and oxygen atoms in total. The van der Waals surface area contributed by atoms with Crippen LogP contribution in [-0.2, 0) is 0 Å². The van der Waals surface area contributed by atoms with E-state index in [0.29, 0.717) is 11.6 Å². The highest BCUT2D eigenvalue weighted by Crippen LogP contribution is 2.21. The second kappa shape index (κ2) is 4.45. The van der Waals surface area contributed by atoms with Crippen LogP contribution in [0.4, 0.5) is 10.1 Å². The molecule has 1 aromatic carbocycles. The van der Waals surface area contributed by atoms with Crippen molar-refractivity contribution in [3.63, 3.8) is 0 Å². The Labute approximate surface area is 86.8 Å². The third kappa shape index (κ3) is 2.72. The molecular formula is C12H20FN. The van der Waals surface area contributed by atoms with Gasteiger partial charge in [0.05, 0.1) is 5.69 Å². The smallest absolute Gasteiger partial charge is 0.146 e. The molecule has 0 heterocycles. The molecule has 14 heavy (non-hydrogen) atoms. The number of benzene rings is 1. The van der Waals surface area contributed by atoms with Crippen LogP contribution in [0, 0.1) is 5.82 Å². The molecule has 2 heteroatoms. The van der Waals surface area contributed by atoms with Gasteiger partial charge in [-0.2, -0.15) is 0 Å². The highest BCUT2D eigenvalue weighted by molar-refractivity contribution is 5.47. The van der Waals surface area contributed by atoms with E-state index in [1.165, 1.54) is 0 Å². The van der Waals surface area contributed by atoms with Crippen molar-refractivity contribution in [1.82, 2.24) is 0 Å². The lowest BCUT2D eigenvalue weighted by molar-refractivity contribution is 0.623. The largest absolute Gasteiger partial charge is 0.381 e. The Balaban J connectivity index is 0.00000196. The van der Waals surface area contributed by atoms with Gasteiger partial charge in [0.1, 0.15) is 5.82 Å². The lowest BCUT2D eigenvalue weighted by Gasteiger charge is -2.12. The highest BCUT2D eigenvalue weighted by Gasteiger charge is 2.06. The van der Waals surface area contributed by atoms with E-state index in [0.717, 1.165) is 5.56 Å². The summed E-state index contributed by atoms with van der Waals surface area (Å²) in [6.45, 7) is 8.11. The lowest BCUT2D eigenvalue weighted by Crippen LogP contribution is -2.11. The molecule has 0 aliphatic heterocycles. The van der Waals surface area contributed by atoms with E-state index in [1.54, 1.807) is 6.07 Å². The van der Waals surface area contributed by atoms with Gasteiger partial charge in [-0.05, 0) is 37.5 Å². The van der Waals surface area contributed by atoms with Crippen LogP contribution in [0.2, 0.25) is 0 Å². The molecule has 1 N–H and O–H groups in total. The molecular weight excluding hydrogens is 177 g/mol. The van der Waals surface area contributed by atoms with Gasteiger partial charge >= 0.3 is 0 Å². The first kappa shape index (κ1) is 11.0. The quantitative estimate of drug-likeness (QED) is 0.771. The Morgan fingerprint density at radius 3 is 2.29 bits per heavy atom. The Kier molecular flexibility index (Phi) is 3.50. The maximum absolute atomic E-state index is 13.5. The third-order valence-corrected chi connectivity index (χ3v) is 2.10. The van der Waals surface area contributed by atoms with Gasteiger partial charge in [0, 0.05) is 7.47 Å². The predicted molar refractivity (Wildman–Crippen MR) is 61.4 cm³/mol. The van der Waals surface area contributed by atoms with Crippen molar-refractivity contribution in [1.29, 1.82) is 0 Å². The summed E-state index contributed by atoms with van der Waals surface area (Å²) < 4.78 is 13.5. The fourth-order valence-electron chi connectivity index (χ4n) is 1.32. The Bertz CT molecular complexity index is 310. The lowest BCUT2D eigenvalue weighted by atomic mass is 10.0. The van der Waals surface area contributed by atoms with E-state index in [1.807, 2.05) is 26.0 Å². The zero-order chi connectivity index (χ0) is 10.7. The molecule has 0 aliphatic carbocycles. The summed E-state index contributed by atoms with van der Waals surface area (Å²) in [6.07, 6.45) is 0. The van der Waals surface area contributed by atoms with Crippen molar-refractivity contribution in [2.45, 2.75) is 39.7 Å². The Hall–Kier alpha value is -1.05. The summed E-state index contributed by atoms with van der Waals surface area (Å²) >= 11 is 0. The van der Waals surface area contributed by atoms with Gasteiger partial charge in [0.25, 0.3) is 0 Å². The molecule has 0 bridgehead atoms. The molecule has 0 saturated heterocycles. The van der Waals surface area contributed by atoms with E-state index in [4.69, 9.17) is 0 Å². The third-order valence-electron chi connectivity index (χ3n) is 2.10. The van der Waals surface area contributed by atoms with E-state index < -0.39 is 0 Å². The van der Waals surface area contributed by atoms with Gasteiger partial charge in [-0.25, -0.2) is 4.39 Å². The van der Waals surface area contributed by atoms with Crippen molar-refractivity contribution in [2.75, 3.05) is 5.32 Å². The molecule has 0 unspecified atom stereocenters. The average molecular weight is 197 g/mol. The highest BCUT2D eigenvalue weighted by atomic mass is 19.1. The van der Waals surface area contributed by atoms with Crippen LogP contribution in [0.15, 0.2) is 18.2 Å². The molecule has 0 aliphatic rings. The molecule has 0 fully saturated rings. The van der Waals surface area contributed by atoms with Crippen LogP contribution in [-0.4, -0.2) is 6.04 Å². The standard InChI is InChI=1S/C12H18FN.H2/c1-8(2)10-5-6-12(11(13)7-10)14-9(3)4;/h5-9,14H,1-4H3;1H. The van der Waals surface area contributed by atoms with E-state index in [9.17, 15) is 4.39 Å². The van der Waals surface area contributed by atoms with Crippen molar-refractivity contribution >= 4 is 5.69 Å². The maximum atomic E-state index is 13.5. The SMILES string of the molecule is CC(C)Nc1ccc(C(C)C)cc1F.[HH]. The summed E-state index contributed by atoms with van der Waals surface area (Å²) in [5.41, 5.74) is 1.63. The van der Waals surface area contributed by atoms with Crippen LogP contribution in [0.5, 0.6) is 0 Å². The summed E-state index contributed by atoms with van der Waals surface area (Å²) in [4.78, 5) is 0. The Morgan fingerprint density at radius 2 is 1.86 bits per heavy atom. The number of hydrogen-bond donors (Lipinski definition) is 1. The van der Waals surface area contributed by atoms with Crippen molar-refractivity contribution in [3.8, 4) is 0 Å². The summed E-state index contributed by atoms with van der Waals surface area (Å²) in [6, 6.07) is 5.65. The minimum atomic E-state index is -0.162. The van der Waals surface area contributed by atoms with Crippen LogP contribution < -0.4 is 5.32 Å². The van der Waals surface area contributed by atoms with Crippen molar-refractivity contribution in [3.05, 3.63) is 29.6 Å². The van der Waals surface area contributed by atoms with Gasteiger partial charge in [-0.15, -0.1) is 0 Å². The fraction of sp³-hybridized carbons (Fsp3) is 0.500. The molecule has 0 atom stereocenters. The van der Waals surface area contributed by atoms with Gasteiger partial charge in [-0.3, -0.25) is 0 Å². The number of halogens is 1. The van der Waals surface area contributed by atoms with Crippen LogP contribution >= 0.6 is 0 Å². The van der Waals surface area contributed by atoms with Gasteiger partial charge < -0.3 is 5.32 Å². The van der Waals surface area contributed by atoms with Crippen LogP contribution in [0.3, 0.4) is 0 Å². The van der Waals surface area contributed by atoms with Crippen molar-refractivity contribution in [2.24, 2.45) is 0 Å². The zero-order valence-corrected chi connectivity index (χ0v) is 9.26. The minimum Gasteiger partial charge on any atom is -0.381 e. The second-order valence-electron chi connectivity index (χ2n) is 4.19. The van der Waals surface area contributed by atoms with E-state index >= 15 is 0 Å². The molecule has 80 valence electrons. The summed E-state index contributed by atoms with van der Waals surface area (Å²) in [7, 11) is 0. The molecule has 0 spiro atoms. The second-order valence-corrected chi connectivity index (χ2v) is 4.19. The molecule has 0 aromatic heterocycles. The number of rotatable bonds is 3. The van der Waals surface area contributed by atoms with E-state index in [-0.39, 0.29) is 13.3 Å². The first-order chi connectivity index (χ1) is 6.50. The molecule has 0 saturated carbocycles. The van der Waals surface area contributed by atoms with Gasteiger partial charge in [0.2, 0.25) is 0 Å². The molecule has 0 radical (unpaired) electrons. The number of nitrogens with one attached hydrogen (secondary N) is 1. The van der Waals surface area contributed by atoms with Crippen LogP contribution in [0.1, 0.15) is 40.6 Å². The zero-order valence-electron chi connectivity index (χ0n) is 9.26. The first-order valence-corrected chi connectivity index (χ1v) is 5.06. The normalized spacial score (nSPS) is 11.1. The molecule has 1 rings (SSSR count). The monoisotopic (exact) mass is 197 g/mol. The molecule has 1 aromatic rings. The predicted octanol–water partition coefficient (Wildman–Crippen LogP) is 4.02. The topological polar surface area (TPSA) is 12.0 Å². The Morgan fingerprint density at radius 1 is 1.21 bits per heavy atom. The maximum Gasteiger partial charge on any atom is 0.146 e. The average Bonchev–Trinajstić information content (AvgIpc) is 2.07.